The average molecular weight is 375 g/mol. The number of aliphatic imine (C=N–C) groups is 1. The van der Waals surface area contributed by atoms with Gasteiger partial charge in [-0.05, 0) is 38.1 Å². The maximum Gasteiger partial charge on any atom is 0.246 e. The molecule has 0 atom stereocenters. The van der Waals surface area contributed by atoms with E-state index >= 15 is 0 Å². The van der Waals surface area contributed by atoms with Crippen molar-refractivity contribution in [3.63, 3.8) is 0 Å². The summed E-state index contributed by atoms with van der Waals surface area (Å²) >= 11 is 5.88. The van der Waals surface area contributed by atoms with Crippen LogP contribution in [0, 0.1) is 13.8 Å². The second kappa shape index (κ2) is 8.01. The fourth-order valence-electron chi connectivity index (χ4n) is 2.20. The van der Waals surface area contributed by atoms with Crippen LogP contribution in [0.2, 0.25) is 5.02 Å². The van der Waals surface area contributed by atoms with E-state index in [1.54, 1.807) is 19.2 Å². The topological polar surface area (TPSA) is 101 Å². The molecule has 0 spiro atoms. The van der Waals surface area contributed by atoms with Gasteiger partial charge in [0, 0.05) is 17.6 Å². The van der Waals surface area contributed by atoms with Crippen LogP contribution in [0.4, 0.5) is 0 Å². The molecule has 0 fully saturated rings. The number of oxazole rings is 1. The lowest BCUT2D eigenvalue weighted by atomic mass is 10.2. The molecule has 3 aromatic rings. The van der Waals surface area contributed by atoms with E-state index in [9.17, 15) is 0 Å². The third kappa shape index (κ3) is 4.40. The summed E-state index contributed by atoms with van der Waals surface area (Å²) in [6.07, 6.45) is 0. The highest BCUT2D eigenvalue weighted by Gasteiger charge is 2.10. The number of hydrogen-bond acceptors (Lipinski definition) is 6. The van der Waals surface area contributed by atoms with Gasteiger partial charge in [0.25, 0.3) is 0 Å². The average Bonchev–Trinajstić information content (AvgIpc) is 3.23. The summed E-state index contributed by atoms with van der Waals surface area (Å²) in [5, 5.41) is 10.9. The van der Waals surface area contributed by atoms with Gasteiger partial charge < -0.3 is 19.6 Å². The zero-order valence-electron chi connectivity index (χ0n) is 14.7. The summed E-state index contributed by atoms with van der Waals surface area (Å²) in [4.78, 5) is 12.8. The number of benzene rings is 1. The minimum atomic E-state index is 0.337. The predicted octanol–water partition coefficient (Wildman–Crippen LogP) is 2.86. The number of aromatic nitrogens is 3. The first-order valence-electron chi connectivity index (χ1n) is 8.01. The van der Waals surface area contributed by atoms with Crippen LogP contribution in [0.25, 0.3) is 11.4 Å². The van der Waals surface area contributed by atoms with Gasteiger partial charge in [0.05, 0.1) is 18.8 Å². The number of rotatable bonds is 5. The molecule has 2 aromatic heterocycles. The van der Waals surface area contributed by atoms with Crippen molar-refractivity contribution in [2.45, 2.75) is 26.9 Å². The van der Waals surface area contributed by atoms with Crippen LogP contribution in [0.5, 0.6) is 0 Å². The Morgan fingerprint density at radius 3 is 2.38 bits per heavy atom. The normalized spacial score (nSPS) is 11.6. The fourth-order valence-corrected chi connectivity index (χ4v) is 2.32. The third-order valence-electron chi connectivity index (χ3n) is 3.68. The lowest BCUT2D eigenvalue weighted by Gasteiger charge is -2.08. The number of hydrogen-bond donors (Lipinski definition) is 2. The molecule has 3 rings (SSSR count). The van der Waals surface area contributed by atoms with Crippen LogP contribution in [-0.2, 0) is 13.1 Å². The Morgan fingerprint density at radius 1 is 1.08 bits per heavy atom. The summed E-state index contributed by atoms with van der Waals surface area (Å²) in [5.74, 6) is 2.94. The smallest absolute Gasteiger partial charge is 0.246 e. The zero-order valence-corrected chi connectivity index (χ0v) is 15.5. The maximum atomic E-state index is 5.88. The van der Waals surface area contributed by atoms with E-state index in [0.717, 1.165) is 17.0 Å². The number of nitrogens with one attached hydrogen (secondary N) is 2. The molecule has 0 radical (unpaired) electrons. The Morgan fingerprint density at radius 2 is 1.77 bits per heavy atom. The van der Waals surface area contributed by atoms with E-state index in [1.165, 1.54) is 0 Å². The molecule has 0 saturated carbocycles. The molecule has 0 bridgehead atoms. The molecule has 2 N–H and O–H groups in total. The maximum absolute atomic E-state index is 5.88. The van der Waals surface area contributed by atoms with Crippen molar-refractivity contribution in [3.8, 4) is 11.4 Å². The van der Waals surface area contributed by atoms with Gasteiger partial charge >= 0.3 is 0 Å². The number of nitrogens with zero attached hydrogens (tertiary/aromatic N) is 4. The van der Waals surface area contributed by atoms with Crippen LogP contribution >= 0.6 is 11.6 Å². The SMILES string of the molecule is CN=C(NCc1nc(-c2ccc(Cl)cc2)no1)NCc1nc(C)c(C)o1. The molecule has 9 heteroatoms. The zero-order chi connectivity index (χ0) is 18.5. The van der Waals surface area contributed by atoms with Crippen LogP contribution < -0.4 is 10.6 Å². The molecule has 136 valence electrons. The second-order valence-electron chi connectivity index (χ2n) is 5.55. The molecule has 0 aliphatic heterocycles. The minimum Gasteiger partial charge on any atom is -0.444 e. The van der Waals surface area contributed by atoms with E-state index in [0.29, 0.717) is 41.7 Å². The standard InChI is InChI=1S/C17H19ClN6O2/c1-10-11(2)25-14(22-10)8-20-17(19-3)21-9-15-23-16(24-26-15)12-4-6-13(18)7-5-12/h4-7H,8-9H2,1-3H3,(H2,19,20,21). The van der Waals surface area contributed by atoms with Crippen molar-refractivity contribution < 1.29 is 8.94 Å². The number of aryl methyl sites for hydroxylation is 2. The van der Waals surface area contributed by atoms with Gasteiger partial charge in [-0.1, -0.05) is 16.8 Å². The molecule has 0 aliphatic carbocycles. The van der Waals surface area contributed by atoms with Crippen LogP contribution in [0.15, 0.2) is 38.2 Å². The number of guanidine groups is 1. The summed E-state index contributed by atoms with van der Waals surface area (Å²) in [6.45, 7) is 4.55. The van der Waals surface area contributed by atoms with Gasteiger partial charge in [-0.25, -0.2) is 4.98 Å². The first-order valence-corrected chi connectivity index (χ1v) is 8.39. The molecule has 1 aromatic carbocycles. The van der Waals surface area contributed by atoms with Gasteiger partial charge in [0.15, 0.2) is 5.96 Å². The lowest BCUT2D eigenvalue weighted by Crippen LogP contribution is -2.36. The molecular weight excluding hydrogens is 356 g/mol. The lowest BCUT2D eigenvalue weighted by molar-refractivity contribution is 0.375. The molecule has 26 heavy (non-hydrogen) atoms. The highest BCUT2D eigenvalue weighted by Crippen LogP contribution is 2.18. The van der Waals surface area contributed by atoms with Crippen molar-refractivity contribution in [3.05, 3.63) is 52.5 Å². The summed E-state index contributed by atoms with van der Waals surface area (Å²) < 4.78 is 10.8. The molecule has 0 amide bonds. The third-order valence-corrected chi connectivity index (χ3v) is 3.93. The predicted molar refractivity (Wildman–Crippen MR) is 97.8 cm³/mol. The summed E-state index contributed by atoms with van der Waals surface area (Å²) in [6, 6.07) is 7.24. The summed E-state index contributed by atoms with van der Waals surface area (Å²) in [5.41, 5.74) is 1.71. The molecule has 8 nitrogen and oxygen atoms in total. The van der Waals surface area contributed by atoms with Crippen LogP contribution in [-0.4, -0.2) is 28.1 Å². The highest BCUT2D eigenvalue weighted by molar-refractivity contribution is 6.30. The van der Waals surface area contributed by atoms with Crippen molar-refractivity contribution in [2.24, 2.45) is 4.99 Å². The fraction of sp³-hybridized carbons (Fsp3) is 0.294. The molecule has 2 heterocycles. The van der Waals surface area contributed by atoms with Gasteiger partial charge in [0.1, 0.15) is 5.76 Å². The highest BCUT2D eigenvalue weighted by atomic mass is 35.5. The Kier molecular flexibility index (Phi) is 5.52. The van der Waals surface area contributed by atoms with E-state index in [1.807, 2.05) is 26.0 Å². The Labute approximate surface area is 155 Å². The van der Waals surface area contributed by atoms with Gasteiger partial charge in [0.2, 0.25) is 17.6 Å². The molecule has 0 unspecified atom stereocenters. The summed E-state index contributed by atoms with van der Waals surface area (Å²) in [7, 11) is 1.67. The Balaban J connectivity index is 1.54. The first kappa shape index (κ1) is 17.9. The van der Waals surface area contributed by atoms with Gasteiger partial charge in [-0.15, -0.1) is 0 Å². The van der Waals surface area contributed by atoms with E-state index < -0.39 is 0 Å². The van der Waals surface area contributed by atoms with Crippen molar-refractivity contribution in [2.75, 3.05) is 7.05 Å². The van der Waals surface area contributed by atoms with E-state index in [2.05, 4.69) is 30.8 Å². The van der Waals surface area contributed by atoms with E-state index in [4.69, 9.17) is 20.5 Å². The monoisotopic (exact) mass is 374 g/mol. The van der Waals surface area contributed by atoms with Crippen LogP contribution in [0.1, 0.15) is 23.2 Å². The largest absolute Gasteiger partial charge is 0.444 e. The van der Waals surface area contributed by atoms with Crippen molar-refractivity contribution >= 4 is 17.6 Å². The Hall–Kier alpha value is -2.87. The van der Waals surface area contributed by atoms with E-state index in [-0.39, 0.29) is 0 Å². The van der Waals surface area contributed by atoms with Crippen molar-refractivity contribution in [1.82, 2.24) is 25.8 Å². The second-order valence-corrected chi connectivity index (χ2v) is 5.98. The molecule has 0 saturated heterocycles. The molecule has 0 aliphatic rings. The minimum absolute atomic E-state index is 0.337. The first-order chi connectivity index (χ1) is 12.5. The van der Waals surface area contributed by atoms with Gasteiger partial charge in [-0.2, -0.15) is 4.98 Å². The molecular formula is C17H19ClN6O2. The number of halogens is 1. The van der Waals surface area contributed by atoms with Gasteiger partial charge in [-0.3, -0.25) is 4.99 Å². The van der Waals surface area contributed by atoms with Crippen molar-refractivity contribution in [1.29, 1.82) is 0 Å². The Bertz CT molecular complexity index is 881. The quantitative estimate of drug-likeness (QED) is 0.523. The van der Waals surface area contributed by atoms with Crippen LogP contribution in [0.3, 0.4) is 0 Å².